The minimum Gasteiger partial charge on any atom is -0.356 e. The Balaban J connectivity index is 1.81. The molecule has 20 heavy (non-hydrogen) atoms. The van der Waals surface area contributed by atoms with Crippen LogP contribution in [0.1, 0.15) is 31.7 Å². The van der Waals surface area contributed by atoms with Crippen molar-refractivity contribution < 1.29 is 9.59 Å². The zero-order valence-corrected chi connectivity index (χ0v) is 13.3. The lowest BCUT2D eigenvalue weighted by Crippen LogP contribution is -2.38. The van der Waals surface area contributed by atoms with Crippen LogP contribution in [0.4, 0.5) is 0 Å². The van der Waals surface area contributed by atoms with E-state index in [0.29, 0.717) is 25.8 Å². The molecule has 2 rings (SSSR count). The van der Waals surface area contributed by atoms with Gasteiger partial charge in [0.15, 0.2) is 0 Å². The van der Waals surface area contributed by atoms with E-state index in [1.165, 1.54) is 5.56 Å². The molecule has 1 saturated carbocycles. The van der Waals surface area contributed by atoms with Crippen LogP contribution in [0, 0.1) is 11.8 Å². The normalized spacial score (nSPS) is 22.6. The summed E-state index contributed by atoms with van der Waals surface area (Å²) in [5, 5.41) is 3.00. The van der Waals surface area contributed by atoms with Gasteiger partial charge in [-0.25, -0.2) is 0 Å². The molecule has 1 fully saturated rings. The molecular formula is C16H20BrNO2. The summed E-state index contributed by atoms with van der Waals surface area (Å²) in [7, 11) is 0. The summed E-state index contributed by atoms with van der Waals surface area (Å²) in [5.74, 6) is 0.540. The average Bonchev–Trinajstić information content (AvgIpc) is 2.40. The molecule has 0 heterocycles. The average molecular weight is 338 g/mol. The number of ketones is 1. The number of amides is 1. The lowest BCUT2D eigenvalue weighted by molar-refractivity contribution is -0.130. The second kappa shape index (κ2) is 7.02. The van der Waals surface area contributed by atoms with Gasteiger partial charge in [0.25, 0.3) is 0 Å². The molecule has 2 unspecified atom stereocenters. The number of benzene rings is 1. The summed E-state index contributed by atoms with van der Waals surface area (Å²) in [6.45, 7) is 2.63. The second-order valence-corrected chi connectivity index (χ2v) is 6.35. The van der Waals surface area contributed by atoms with Gasteiger partial charge in [0.1, 0.15) is 5.78 Å². The van der Waals surface area contributed by atoms with Crippen LogP contribution in [-0.2, 0) is 16.0 Å². The molecule has 108 valence electrons. The summed E-state index contributed by atoms with van der Waals surface area (Å²) in [5.41, 5.74) is 1.19. The van der Waals surface area contributed by atoms with Crippen molar-refractivity contribution in [2.75, 3.05) is 6.54 Å². The molecule has 0 saturated heterocycles. The molecule has 1 aliphatic carbocycles. The molecule has 2 atom stereocenters. The Morgan fingerprint density at radius 3 is 2.85 bits per heavy atom. The van der Waals surface area contributed by atoms with Crippen molar-refractivity contribution in [2.24, 2.45) is 11.8 Å². The van der Waals surface area contributed by atoms with Crippen molar-refractivity contribution in [3.05, 3.63) is 34.3 Å². The number of hydrogen-bond donors (Lipinski definition) is 1. The highest BCUT2D eigenvalue weighted by molar-refractivity contribution is 9.10. The van der Waals surface area contributed by atoms with Crippen LogP contribution in [0.15, 0.2) is 28.7 Å². The van der Waals surface area contributed by atoms with E-state index in [1.54, 1.807) is 0 Å². The Bertz CT molecular complexity index is 501. The summed E-state index contributed by atoms with van der Waals surface area (Å²) >= 11 is 3.51. The molecule has 4 heteroatoms. The third-order valence-corrected chi connectivity index (χ3v) is 4.73. The van der Waals surface area contributed by atoms with Crippen LogP contribution >= 0.6 is 15.9 Å². The molecule has 3 nitrogen and oxygen atoms in total. The van der Waals surface area contributed by atoms with Gasteiger partial charge in [-0.3, -0.25) is 9.59 Å². The standard InChI is InChI=1S/C16H20BrNO2/c1-11-10-13(19)6-7-14(11)16(20)18-9-8-12-4-2-3-5-15(12)17/h2-5,11,14H,6-10H2,1H3,(H,18,20). The highest BCUT2D eigenvalue weighted by atomic mass is 79.9. The molecular weight excluding hydrogens is 318 g/mol. The van der Waals surface area contributed by atoms with E-state index in [0.717, 1.165) is 10.9 Å². The Morgan fingerprint density at radius 1 is 1.40 bits per heavy atom. The zero-order valence-electron chi connectivity index (χ0n) is 11.7. The number of rotatable bonds is 4. The predicted molar refractivity (Wildman–Crippen MR) is 82.4 cm³/mol. The van der Waals surface area contributed by atoms with Gasteiger partial charge in [0.2, 0.25) is 5.91 Å². The quantitative estimate of drug-likeness (QED) is 0.917. The third-order valence-electron chi connectivity index (χ3n) is 3.96. The summed E-state index contributed by atoms with van der Waals surface area (Å²) in [6, 6.07) is 8.04. The van der Waals surface area contributed by atoms with Crippen LogP contribution < -0.4 is 5.32 Å². The first-order valence-corrected chi connectivity index (χ1v) is 7.90. The Morgan fingerprint density at radius 2 is 2.15 bits per heavy atom. The van der Waals surface area contributed by atoms with E-state index in [-0.39, 0.29) is 23.5 Å². The van der Waals surface area contributed by atoms with Crippen LogP contribution in [0.5, 0.6) is 0 Å². The van der Waals surface area contributed by atoms with Gasteiger partial charge in [-0.1, -0.05) is 41.1 Å². The minimum absolute atomic E-state index is 0.00749. The van der Waals surface area contributed by atoms with Crippen LogP contribution in [0.3, 0.4) is 0 Å². The fourth-order valence-electron chi connectivity index (χ4n) is 2.75. The lowest BCUT2D eigenvalue weighted by Gasteiger charge is -2.26. The Labute approximate surface area is 128 Å². The number of hydrogen-bond acceptors (Lipinski definition) is 2. The number of carbonyl (C=O) groups is 2. The van der Waals surface area contributed by atoms with Gasteiger partial charge < -0.3 is 5.32 Å². The van der Waals surface area contributed by atoms with E-state index in [2.05, 4.69) is 27.3 Å². The number of carbonyl (C=O) groups excluding carboxylic acids is 2. The lowest BCUT2D eigenvalue weighted by atomic mass is 9.79. The van der Waals surface area contributed by atoms with Crippen LogP contribution in [0.25, 0.3) is 0 Å². The third kappa shape index (κ3) is 3.92. The van der Waals surface area contributed by atoms with Gasteiger partial charge in [-0.15, -0.1) is 0 Å². The molecule has 1 aromatic rings. The SMILES string of the molecule is CC1CC(=O)CCC1C(=O)NCCc1ccccc1Br. The molecule has 0 radical (unpaired) electrons. The zero-order chi connectivity index (χ0) is 14.5. The maximum absolute atomic E-state index is 12.2. The minimum atomic E-state index is -0.00749. The molecule has 0 aromatic heterocycles. The van der Waals surface area contributed by atoms with Gasteiger partial charge in [-0.2, -0.15) is 0 Å². The number of halogens is 1. The second-order valence-electron chi connectivity index (χ2n) is 5.50. The summed E-state index contributed by atoms with van der Waals surface area (Å²) in [6.07, 6.45) is 2.60. The fraction of sp³-hybridized carbons (Fsp3) is 0.500. The highest BCUT2D eigenvalue weighted by Gasteiger charge is 2.30. The van der Waals surface area contributed by atoms with Crippen molar-refractivity contribution in [1.82, 2.24) is 5.32 Å². The first-order chi connectivity index (χ1) is 9.58. The first kappa shape index (κ1) is 15.2. The monoisotopic (exact) mass is 337 g/mol. The smallest absolute Gasteiger partial charge is 0.223 e. The number of Topliss-reactive ketones (excluding diaryl/α,β-unsaturated/α-hetero) is 1. The van der Waals surface area contributed by atoms with E-state index >= 15 is 0 Å². The van der Waals surface area contributed by atoms with E-state index in [1.807, 2.05) is 25.1 Å². The van der Waals surface area contributed by atoms with Gasteiger partial charge >= 0.3 is 0 Å². The molecule has 0 spiro atoms. The van der Waals surface area contributed by atoms with E-state index in [4.69, 9.17) is 0 Å². The Kier molecular flexibility index (Phi) is 5.35. The maximum atomic E-state index is 12.2. The molecule has 0 bridgehead atoms. The molecule has 1 aromatic carbocycles. The van der Waals surface area contributed by atoms with Gasteiger partial charge in [0.05, 0.1) is 0 Å². The van der Waals surface area contributed by atoms with Crippen molar-refractivity contribution in [3.8, 4) is 0 Å². The van der Waals surface area contributed by atoms with Crippen molar-refractivity contribution in [2.45, 2.75) is 32.6 Å². The molecule has 0 aliphatic heterocycles. The van der Waals surface area contributed by atoms with Crippen molar-refractivity contribution >= 4 is 27.6 Å². The largest absolute Gasteiger partial charge is 0.356 e. The van der Waals surface area contributed by atoms with Gasteiger partial charge in [0, 0.05) is 29.8 Å². The molecule has 1 aliphatic rings. The number of nitrogens with one attached hydrogen (secondary N) is 1. The van der Waals surface area contributed by atoms with Gasteiger partial charge in [-0.05, 0) is 30.4 Å². The molecule has 1 N–H and O–H groups in total. The molecule has 1 amide bonds. The first-order valence-electron chi connectivity index (χ1n) is 7.10. The van der Waals surface area contributed by atoms with Crippen LogP contribution in [-0.4, -0.2) is 18.2 Å². The van der Waals surface area contributed by atoms with E-state index in [9.17, 15) is 9.59 Å². The Hall–Kier alpha value is -1.16. The van der Waals surface area contributed by atoms with Crippen molar-refractivity contribution in [1.29, 1.82) is 0 Å². The van der Waals surface area contributed by atoms with Crippen LogP contribution in [0.2, 0.25) is 0 Å². The van der Waals surface area contributed by atoms with Crippen molar-refractivity contribution in [3.63, 3.8) is 0 Å². The fourth-order valence-corrected chi connectivity index (χ4v) is 3.23. The van der Waals surface area contributed by atoms with E-state index < -0.39 is 0 Å². The highest BCUT2D eigenvalue weighted by Crippen LogP contribution is 2.27. The summed E-state index contributed by atoms with van der Waals surface area (Å²) in [4.78, 5) is 23.5. The predicted octanol–water partition coefficient (Wildman–Crippen LogP) is 3.11. The maximum Gasteiger partial charge on any atom is 0.223 e. The topological polar surface area (TPSA) is 46.2 Å². The summed E-state index contributed by atoms with van der Waals surface area (Å²) < 4.78 is 1.07.